The summed E-state index contributed by atoms with van der Waals surface area (Å²) < 4.78 is 26.3. The van der Waals surface area contributed by atoms with Crippen LogP contribution in [0.1, 0.15) is 161 Å². The van der Waals surface area contributed by atoms with Gasteiger partial charge in [0.2, 0.25) is 0 Å². The van der Waals surface area contributed by atoms with Crippen LogP contribution in [0.4, 0.5) is 0 Å². The van der Waals surface area contributed by atoms with Crippen LogP contribution < -0.4 is 18.9 Å². The molecule has 70 heavy (non-hydrogen) atoms. The zero-order valence-electron chi connectivity index (χ0n) is 43.4. The van der Waals surface area contributed by atoms with Crippen LogP contribution in [0.2, 0.25) is 0 Å². The largest absolute Gasteiger partial charge is 0.507 e. The van der Waals surface area contributed by atoms with E-state index in [0.717, 1.165) is 89.4 Å². The fourth-order valence-electron chi connectivity index (χ4n) is 9.18. The van der Waals surface area contributed by atoms with Crippen molar-refractivity contribution >= 4 is 0 Å². The van der Waals surface area contributed by atoms with E-state index < -0.39 is 0 Å². The number of rotatable bonds is 0. The molecule has 1 aliphatic carbocycles. The average molecular weight is 935 g/mol. The predicted molar refractivity (Wildman–Crippen MR) is 283 cm³/mol. The first-order chi connectivity index (χ1) is 33.0. The molecule has 14 bridgehead atoms. The first-order valence-corrected chi connectivity index (χ1v) is 24.7. The lowest BCUT2D eigenvalue weighted by Crippen LogP contribution is -2.16. The minimum absolute atomic E-state index is 0.172. The van der Waals surface area contributed by atoms with Crippen LogP contribution in [0.15, 0.2) is 97.1 Å². The summed E-state index contributed by atoms with van der Waals surface area (Å²) in [6.45, 7) is 27.6. The quantitative estimate of drug-likeness (QED) is 0.148. The first-order valence-electron chi connectivity index (χ1n) is 24.7. The topological polar surface area (TPSA) is 77.4 Å². The van der Waals surface area contributed by atoms with Crippen LogP contribution in [0.25, 0.3) is 0 Å². The zero-order chi connectivity index (χ0) is 50.2. The van der Waals surface area contributed by atoms with E-state index in [-0.39, 0.29) is 59.6 Å². The van der Waals surface area contributed by atoms with E-state index in [4.69, 9.17) is 18.9 Å². The van der Waals surface area contributed by atoms with E-state index in [1.807, 2.05) is 48.5 Å². The normalized spacial score (nSPS) is 14.4. The molecule has 6 aromatic carbocycles. The van der Waals surface area contributed by atoms with Crippen molar-refractivity contribution in [3.05, 3.63) is 175 Å². The summed E-state index contributed by atoms with van der Waals surface area (Å²) in [5, 5.41) is 25.5. The maximum absolute atomic E-state index is 12.8. The van der Waals surface area contributed by atoms with Gasteiger partial charge in [-0.15, -0.1) is 0 Å². The van der Waals surface area contributed by atoms with Crippen molar-refractivity contribution in [2.45, 2.75) is 144 Å². The molecule has 0 radical (unpaired) electrons. The number of ether oxygens (including phenoxy) is 4. The van der Waals surface area contributed by atoms with Gasteiger partial charge in [0.05, 0.1) is 0 Å². The number of hydrogen-bond acceptors (Lipinski definition) is 6. The molecule has 0 unspecified atom stereocenters. The molecule has 0 amide bonds. The Morgan fingerprint density at radius 1 is 0.371 bits per heavy atom. The van der Waals surface area contributed by atoms with Crippen molar-refractivity contribution in [3.63, 3.8) is 0 Å². The number of benzene rings is 6. The molecule has 6 aromatic rings. The molecule has 0 fully saturated rings. The molecule has 6 heteroatoms. The molecule has 3 aliphatic rings. The van der Waals surface area contributed by atoms with Crippen molar-refractivity contribution < 1.29 is 29.2 Å². The number of phenols is 2. The molecule has 2 N–H and O–H groups in total. The highest BCUT2D eigenvalue weighted by molar-refractivity contribution is 5.59. The van der Waals surface area contributed by atoms with Gasteiger partial charge in [0, 0.05) is 25.7 Å². The van der Waals surface area contributed by atoms with Gasteiger partial charge >= 0.3 is 0 Å². The summed E-state index contributed by atoms with van der Waals surface area (Å²) in [7, 11) is 0. The number of fused-ring (bicyclic) bond motifs is 7. The molecular formula is C64H70O6. The standard InChI is InChI=1S/C64H70O6/c1-61(2,3)51-31-43-27-47-35-53(63(7,8)9)37-49-29-45-33-52(62(4,5)6)34-46(58(45)66)30-50-38-54(64(10,11)12)36-48(28-44(32-51)57(43)65)60(50)70-40-42-20-18-22-56(26-42)68-24-16-14-13-15-23-67-55-21-17-19-41(25-55)39-69-59(47)49/h17-22,25-26,31-38,65-66H,23-24,27-30,39-40H2,1-12H3. The number of aromatic hydroxyl groups is 2. The Labute approximate surface area is 417 Å². The van der Waals surface area contributed by atoms with E-state index in [9.17, 15) is 10.2 Å². The first kappa shape index (κ1) is 49.7. The van der Waals surface area contributed by atoms with E-state index in [1.54, 1.807) is 0 Å². The Morgan fingerprint density at radius 2 is 0.657 bits per heavy atom. The molecule has 0 saturated carbocycles. The van der Waals surface area contributed by atoms with Gasteiger partial charge in [-0.1, -0.05) is 156 Å². The van der Waals surface area contributed by atoms with Gasteiger partial charge in [-0.3, -0.25) is 0 Å². The third-order valence-corrected chi connectivity index (χ3v) is 13.4. The van der Waals surface area contributed by atoms with Gasteiger partial charge in [0.1, 0.15) is 60.9 Å². The van der Waals surface area contributed by atoms with E-state index >= 15 is 0 Å². The third-order valence-electron chi connectivity index (χ3n) is 13.4. The lowest BCUT2D eigenvalue weighted by molar-refractivity contribution is 0.298. The maximum atomic E-state index is 12.8. The van der Waals surface area contributed by atoms with E-state index in [1.165, 1.54) is 0 Å². The predicted octanol–water partition coefficient (Wildman–Crippen LogP) is 13.9. The van der Waals surface area contributed by atoms with Crippen molar-refractivity contribution in [1.29, 1.82) is 0 Å². The molecule has 0 spiro atoms. The lowest BCUT2D eigenvalue weighted by Gasteiger charge is -2.28. The second-order valence-electron chi connectivity index (χ2n) is 23.3. The summed E-state index contributed by atoms with van der Waals surface area (Å²) in [4.78, 5) is 0. The van der Waals surface area contributed by atoms with Crippen LogP contribution >= 0.6 is 0 Å². The summed E-state index contributed by atoms with van der Waals surface area (Å²) in [5.41, 5.74) is 12.6. The van der Waals surface area contributed by atoms with E-state index in [2.05, 4.69) is 155 Å². The summed E-state index contributed by atoms with van der Waals surface area (Å²) in [6, 6.07) is 33.5. The van der Waals surface area contributed by atoms with Crippen molar-refractivity contribution in [2.75, 3.05) is 13.2 Å². The highest BCUT2D eigenvalue weighted by Gasteiger charge is 2.29. The molecule has 9 rings (SSSR count). The molecule has 0 atom stereocenters. The Balaban J connectivity index is 1.44. The fourth-order valence-corrected chi connectivity index (χ4v) is 9.18. The molecule has 362 valence electrons. The summed E-state index contributed by atoms with van der Waals surface area (Å²) in [6.07, 6.45) is 1.64. The van der Waals surface area contributed by atoms with Crippen molar-refractivity contribution in [2.24, 2.45) is 0 Å². The van der Waals surface area contributed by atoms with Crippen molar-refractivity contribution in [1.82, 2.24) is 0 Å². The third kappa shape index (κ3) is 11.6. The minimum Gasteiger partial charge on any atom is -0.507 e. The van der Waals surface area contributed by atoms with Crippen LogP contribution in [0.3, 0.4) is 0 Å². The molecule has 0 aromatic heterocycles. The molecule has 2 aliphatic heterocycles. The lowest BCUT2D eigenvalue weighted by atomic mass is 9.79. The van der Waals surface area contributed by atoms with E-state index in [0.29, 0.717) is 37.2 Å². The van der Waals surface area contributed by atoms with Gasteiger partial charge in [-0.2, -0.15) is 0 Å². The van der Waals surface area contributed by atoms with Gasteiger partial charge in [-0.05, 0) is 147 Å². The number of hydrogen-bond donors (Lipinski definition) is 2. The molecule has 2 heterocycles. The smallest absolute Gasteiger partial charge is 0.150 e. The molecule has 0 saturated heterocycles. The average Bonchev–Trinajstić information content (AvgIpc) is 3.27. The van der Waals surface area contributed by atoms with Gasteiger partial charge in [0.15, 0.2) is 0 Å². The second-order valence-corrected chi connectivity index (χ2v) is 23.3. The summed E-state index contributed by atoms with van der Waals surface area (Å²) in [5.74, 6) is 15.1. The Kier molecular flexibility index (Phi) is 13.9. The Morgan fingerprint density at radius 3 is 0.943 bits per heavy atom. The van der Waals surface area contributed by atoms with Crippen molar-refractivity contribution in [3.8, 4) is 58.2 Å². The maximum Gasteiger partial charge on any atom is 0.150 e. The SMILES string of the molecule is CC(C)(C)c1cc2c(O)c(c1)Cc1cc(C(C)(C)C)cc3c1OCc1cccc(c1)OCC#CC#CCOc1cccc(c1)COc1c(cc(C(C)(C)C)cc1Cc1cc(C(C)(C)C)cc(c1O)C3)C2. The van der Waals surface area contributed by atoms with Crippen LogP contribution in [-0.2, 0) is 60.6 Å². The van der Waals surface area contributed by atoms with Gasteiger partial charge in [-0.25, -0.2) is 0 Å². The number of phenolic OH excluding ortho intramolecular Hbond substituents is 2. The van der Waals surface area contributed by atoms with Crippen LogP contribution in [0, 0.1) is 23.7 Å². The van der Waals surface area contributed by atoms with Crippen LogP contribution in [-0.4, -0.2) is 23.4 Å². The minimum atomic E-state index is -0.227. The zero-order valence-corrected chi connectivity index (χ0v) is 43.4. The Hall–Kier alpha value is -6.76. The highest BCUT2D eigenvalue weighted by Crippen LogP contribution is 2.44. The van der Waals surface area contributed by atoms with Crippen LogP contribution in [0.5, 0.6) is 34.5 Å². The monoisotopic (exact) mass is 935 g/mol. The Bertz CT molecular complexity index is 2760. The van der Waals surface area contributed by atoms with Gasteiger partial charge in [0.25, 0.3) is 0 Å². The highest BCUT2D eigenvalue weighted by atomic mass is 16.5. The molecular weight excluding hydrogens is 865 g/mol. The second kappa shape index (κ2) is 19.6. The summed E-state index contributed by atoms with van der Waals surface area (Å²) >= 11 is 0. The fraction of sp³-hybridized carbons (Fsp3) is 0.375. The molecule has 6 nitrogen and oxygen atoms in total. The van der Waals surface area contributed by atoms with Gasteiger partial charge < -0.3 is 29.2 Å².